The lowest BCUT2D eigenvalue weighted by molar-refractivity contribution is 0.174. The van der Waals surface area contributed by atoms with E-state index >= 15 is 0 Å². The van der Waals surface area contributed by atoms with Crippen molar-refractivity contribution in [2.24, 2.45) is 0 Å². The Morgan fingerprint density at radius 3 is 2.96 bits per heavy atom. The summed E-state index contributed by atoms with van der Waals surface area (Å²) in [5.41, 5.74) is 9.20. The van der Waals surface area contributed by atoms with Crippen LogP contribution in [0.1, 0.15) is 12.5 Å². The van der Waals surface area contributed by atoms with E-state index in [4.69, 9.17) is 19.9 Å². The van der Waals surface area contributed by atoms with E-state index in [1.165, 1.54) is 0 Å². The van der Waals surface area contributed by atoms with Gasteiger partial charge in [0.15, 0.2) is 11.5 Å². The van der Waals surface area contributed by atoms with Gasteiger partial charge in [0.1, 0.15) is 17.8 Å². The van der Waals surface area contributed by atoms with Gasteiger partial charge in [-0.2, -0.15) is 0 Å². The first kappa shape index (κ1) is 16.1. The van der Waals surface area contributed by atoms with Crippen LogP contribution in [0.5, 0.6) is 11.5 Å². The van der Waals surface area contributed by atoms with Crippen molar-refractivity contribution in [3.8, 4) is 22.6 Å². The van der Waals surface area contributed by atoms with Gasteiger partial charge in [-0.1, -0.05) is 6.07 Å². The Hall–Kier alpha value is -2.84. The molecule has 0 saturated carbocycles. The van der Waals surface area contributed by atoms with E-state index in [0.717, 1.165) is 66.3 Å². The molecule has 2 fully saturated rings. The number of likely N-dealkylation sites (tertiary alicyclic amines) is 1. The molecule has 6 rings (SSSR count). The molecule has 144 valence electrons. The highest BCUT2D eigenvalue weighted by Gasteiger charge is 2.32. The van der Waals surface area contributed by atoms with E-state index in [1.807, 2.05) is 18.2 Å². The fourth-order valence-electron chi connectivity index (χ4n) is 4.34. The summed E-state index contributed by atoms with van der Waals surface area (Å²) in [6.07, 6.45) is 5.21. The summed E-state index contributed by atoms with van der Waals surface area (Å²) in [5.74, 6) is 2.02. The van der Waals surface area contributed by atoms with E-state index in [0.29, 0.717) is 18.0 Å². The van der Waals surface area contributed by atoms with E-state index in [1.54, 1.807) is 6.33 Å². The van der Waals surface area contributed by atoms with Crippen LogP contribution in [-0.4, -0.2) is 58.6 Å². The van der Waals surface area contributed by atoms with Crippen molar-refractivity contribution in [2.45, 2.75) is 18.6 Å². The molecule has 3 aromatic rings. The molecule has 0 radical (unpaired) electrons. The van der Waals surface area contributed by atoms with Gasteiger partial charge in [-0.05, 0) is 24.1 Å². The maximum atomic E-state index is 6.27. The number of nitrogens with two attached hydrogens (primary N) is 1. The topological polar surface area (TPSA) is 91.0 Å². The van der Waals surface area contributed by atoms with Crippen LogP contribution in [-0.2, 0) is 4.74 Å². The molecule has 2 N–H and O–H groups in total. The minimum absolute atomic E-state index is 0.258. The summed E-state index contributed by atoms with van der Waals surface area (Å²) >= 11 is 0. The smallest absolute Gasteiger partial charge is 0.231 e. The highest BCUT2D eigenvalue weighted by atomic mass is 16.7. The third-order valence-electron chi connectivity index (χ3n) is 5.83. The number of hydrogen-bond acceptors (Lipinski definition) is 7. The number of nitrogen functional groups attached to an aromatic ring is 1. The molecule has 0 unspecified atom stereocenters. The number of rotatable bonds is 4. The Morgan fingerprint density at radius 1 is 1.18 bits per heavy atom. The van der Waals surface area contributed by atoms with Crippen LogP contribution < -0.4 is 15.2 Å². The number of benzene rings is 1. The fourth-order valence-corrected chi connectivity index (χ4v) is 4.34. The average molecular weight is 379 g/mol. The van der Waals surface area contributed by atoms with Gasteiger partial charge in [-0.15, -0.1) is 0 Å². The molecule has 5 heterocycles. The number of hydrogen-bond donors (Lipinski definition) is 1. The van der Waals surface area contributed by atoms with Crippen LogP contribution in [0.15, 0.2) is 30.7 Å². The summed E-state index contributed by atoms with van der Waals surface area (Å²) in [4.78, 5) is 11.3. The first-order valence-corrected chi connectivity index (χ1v) is 9.61. The van der Waals surface area contributed by atoms with Crippen LogP contribution in [0.3, 0.4) is 0 Å². The minimum Gasteiger partial charge on any atom is -0.454 e. The van der Waals surface area contributed by atoms with E-state index in [9.17, 15) is 0 Å². The lowest BCUT2D eigenvalue weighted by Gasteiger charge is -2.16. The number of fused-ring (bicyclic) bond motifs is 2. The lowest BCUT2D eigenvalue weighted by atomic mass is 10.1. The minimum atomic E-state index is 0.258. The van der Waals surface area contributed by atoms with Gasteiger partial charge in [0, 0.05) is 37.4 Å². The Morgan fingerprint density at radius 2 is 2.07 bits per heavy atom. The van der Waals surface area contributed by atoms with Crippen molar-refractivity contribution in [3.05, 3.63) is 30.7 Å². The van der Waals surface area contributed by atoms with Gasteiger partial charge in [0.2, 0.25) is 6.79 Å². The van der Waals surface area contributed by atoms with Gasteiger partial charge in [0.25, 0.3) is 0 Å². The van der Waals surface area contributed by atoms with Crippen molar-refractivity contribution < 1.29 is 14.2 Å². The maximum absolute atomic E-state index is 6.27. The third-order valence-corrected chi connectivity index (χ3v) is 5.83. The standard InChI is InChI=1S/C20H21N5O3/c21-19-18-15(12-1-2-16-17(5-12)28-11-27-16)8-25(20(18)23-10-22-19)13-3-4-24(6-13)7-14-9-26-14/h1-2,5,8,10,13-14H,3-4,6-7,9,11H2,(H2,21,22,23)/t13-,14+/m1/s1. The lowest BCUT2D eigenvalue weighted by Crippen LogP contribution is -2.25. The molecular formula is C20H21N5O3. The molecule has 0 spiro atoms. The number of ether oxygens (including phenoxy) is 3. The Bertz CT molecular complexity index is 1060. The van der Waals surface area contributed by atoms with Crippen molar-refractivity contribution >= 4 is 16.9 Å². The van der Waals surface area contributed by atoms with E-state index in [-0.39, 0.29) is 6.79 Å². The largest absolute Gasteiger partial charge is 0.454 e. The molecule has 3 aliphatic heterocycles. The molecule has 8 nitrogen and oxygen atoms in total. The zero-order chi connectivity index (χ0) is 18.7. The van der Waals surface area contributed by atoms with Crippen molar-refractivity contribution in [1.82, 2.24) is 19.4 Å². The highest BCUT2D eigenvalue weighted by molar-refractivity contribution is 6.01. The van der Waals surface area contributed by atoms with Crippen molar-refractivity contribution in [3.63, 3.8) is 0 Å². The third kappa shape index (κ3) is 2.60. The number of aromatic nitrogens is 3. The monoisotopic (exact) mass is 379 g/mol. The zero-order valence-electron chi connectivity index (χ0n) is 15.4. The molecule has 28 heavy (non-hydrogen) atoms. The zero-order valence-corrected chi connectivity index (χ0v) is 15.4. The summed E-state index contributed by atoms with van der Waals surface area (Å²) < 4.78 is 18.7. The molecule has 0 aliphatic carbocycles. The van der Waals surface area contributed by atoms with E-state index < -0.39 is 0 Å². The molecule has 2 aromatic heterocycles. The molecule has 8 heteroatoms. The van der Waals surface area contributed by atoms with E-state index in [2.05, 4.69) is 25.6 Å². The molecular weight excluding hydrogens is 358 g/mol. The summed E-state index contributed by atoms with van der Waals surface area (Å²) in [5, 5.41) is 0.894. The van der Waals surface area contributed by atoms with Crippen LogP contribution in [0.25, 0.3) is 22.2 Å². The summed E-state index contributed by atoms with van der Waals surface area (Å²) in [6.45, 7) is 4.24. The quantitative estimate of drug-likeness (QED) is 0.694. The second kappa shape index (κ2) is 6.08. The predicted molar refractivity (Wildman–Crippen MR) is 103 cm³/mol. The predicted octanol–water partition coefficient (Wildman–Crippen LogP) is 2.05. The number of anilines is 1. The fraction of sp³-hybridized carbons (Fsp3) is 0.400. The van der Waals surface area contributed by atoms with Crippen molar-refractivity contribution in [2.75, 3.05) is 38.8 Å². The van der Waals surface area contributed by atoms with Crippen LogP contribution in [0.4, 0.5) is 5.82 Å². The average Bonchev–Trinajstić information content (AvgIpc) is 3.10. The second-order valence-corrected chi connectivity index (χ2v) is 7.63. The highest BCUT2D eigenvalue weighted by Crippen LogP contribution is 2.40. The Labute approximate surface area is 161 Å². The molecule has 3 aliphatic rings. The van der Waals surface area contributed by atoms with Crippen LogP contribution in [0.2, 0.25) is 0 Å². The molecule has 0 amide bonds. The van der Waals surface area contributed by atoms with Gasteiger partial charge in [0.05, 0.1) is 18.1 Å². The van der Waals surface area contributed by atoms with Crippen LogP contribution in [0, 0.1) is 0 Å². The van der Waals surface area contributed by atoms with Gasteiger partial charge in [-0.3, -0.25) is 4.90 Å². The molecule has 1 aromatic carbocycles. The van der Waals surface area contributed by atoms with Gasteiger partial charge in [-0.25, -0.2) is 9.97 Å². The Balaban J connectivity index is 1.42. The first-order valence-electron chi connectivity index (χ1n) is 9.61. The number of nitrogens with zero attached hydrogens (tertiary/aromatic N) is 4. The van der Waals surface area contributed by atoms with Gasteiger partial charge >= 0.3 is 0 Å². The van der Waals surface area contributed by atoms with Gasteiger partial charge < -0.3 is 24.5 Å². The summed E-state index contributed by atoms with van der Waals surface area (Å²) in [7, 11) is 0. The van der Waals surface area contributed by atoms with Crippen molar-refractivity contribution in [1.29, 1.82) is 0 Å². The molecule has 0 bridgehead atoms. The SMILES string of the molecule is Nc1ncnc2c1c(-c1ccc3c(c1)OCO3)cn2[C@@H]1CCN(C[C@H]2CO2)C1. The normalized spacial score (nSPS) is 23.6. The van der Waals surface area contributed by atoms with Crippen LogP contribution >= 0.6 is 0 Å². The second-order valence-electron chi connectivity index (χ2n) is 7.63. The summed E-state index contributed by atoms with van der Waals surface area (Å²) in [6, 6.07) is 6.33. The maximum Gasteiger partial charge on any atom is 0.231 e. The molecule has 2 atom stereocenters. The number of epoxide rings is 1. The molecule has 2 saturated heterocycles. The first-order chi connectivity index (χ1) is 13.8. The Kier molecular flexibility index (Phi) is 3.51.